The molecule has 0 spiro atoms. The molecule has 0 bridgehead atoms. The number of imidazole rings is 1. The fraction of sp³-hybridized carbons (Fsp3) is 0.294. The number of benzene rings is 1. The second-order valence-electron chi connectivity index (χ2n) is 5.93. The number of fused-ring (bicyclic) bond motifs is 7. The second kappa shape index (κ2) is 3.85. The number of hydrogen-bond donors (Lipinski definition) is 0. The van der Waals surface area contributed by atoms with E-state index in [4.69, 9.17) is 0 Å². The zero-order valence-electron chi connectivity index (χ0n) is 11.7. The van der Waals surface area contributed by atoms with Crippen molar-refractivity contribution in [2.24, 2.45) is 0 Å². The first-order valence-corrected chi connectivity index (χ1v) is 7.54. The lowest BCUT2D eigenvalue weighted by Crippen LogP contribution is -2.28. The SMILES string of the molecule is [O-]c1c2n(c3c4c(nc[n+]13)-c1ccccc1CC4)CCC2. The summed E-state index contributed by atoms with van der Waals surface area (Å²) in [5.41, 5.74) is 6.90. The summed E-state index contributed by atoms with van der Waals surface area (Å²) in [6.07, 6.45) is 5.68. The highest BCUT2D eigenvalue weighted by Gasteiger charge is 2.30. The molecule has 2 aromatic heterocycles. The van der Waals surface area contributed by atoms with E-state index in [1.165, 1.54) is 16.7 Å². The van der Waals surface area contributed by atoms with Crippen molar-refractivity contribution in [1.82, 2.24) is 9.55 Å². The van der Waals surface area contributed by atoms with Crippen LogP contribution < -0.4 is 9.51 Å². The van der Waals surface area contributed by atoms with Gasteiger partial charge >= 0.3 is 0 Å². The maximum atomic E-state index is 12.5. The highest BCUT2D eigenvalue weighted by Crippen LogP contribution is 2.35. The van der Waals surface area contributed by atoms with E-state index in [0.717, 1.165) is 49.3 Å². The van der Waals surface area contributed by atoms with Gasteiger partial charge in [-0.15, -0.1) is 4.98 Å². The van der Waals surface area contributed by atoms with Gasteiger partial charge in [0.05, 0.1) is 18.0 Å². The molecule has 5 rings (SSSR count). The fourth-order valence-electron chi connectivity index (χ4n) is 3.90. The van der Waals surface area contributed by atoms with Crippen LogP contribution >= 0.6 is 0 Å². The Balaban J connectivity index is 1.90. The zero-order chi connectivity index (χ0) is 14.0. The third-order valence-electron chi connectivity index (χ3n) is 4.85. The van der Waals surface area contributed by atoms with E-state index in [0.29, 0.717) is 0 Å². The van der Waals surface area contributed by atoms with Gasteiger partial charge in [-0.3, -0.25) is 4.57 Å². The molecule has 1 aliphatic carbocycles. The normalized spacial score (nSPS) is 15.8. The Morgan fingerprint density at radius 1 is 1.14 bits per heavy atom. The standard InChI is InChI=1S/C17H15N3O/c21-17-14-6-3-9-19(14)16-13-8-7-11-4-1-2-5-12(11)15(13)18-10-20(16)17/h1-2,4-5,10H,3,6-9H2. The first-order chi connectivity index (χ1) is 10.3. The lowest BCUT2D eigenvalue weighted by molar-refractivity contribution is -0.586. The minimum absolute atomic E-state index is 0.122. The molecule has 4 heteroatoms. The van der Waals surface area contributed by atoms with Crippen molar-refractivity contribution in [2.45, 2.75) is 32.2 Å². The number of nitrogens with zero attached hydrogens (tertiary/aromatic N) is 3. The molecule has 21 heavy (non-hydrogen) atoms. The Hall–Kier alpha value is -2.36. The van der Waals surface area contributed by atoms with Gasteiger partial charge in [-0.1, -0.05) is 24.3 Å². The van der Waals surface area contributed by atoms with Crippen molar-refractivity contribution in [3.8, 4) is 17.1 Å². The van der Waals surface area contributed by atoms with Crippen molar-refractivity contribution in [1.29, 1.82) is 0 Å². The summed E-state index contributed by atoms with van der Waals surface area (Å²) in [6, 6.07) is 8.47. The van der Waals surface area contributed by atoms with Gasteiger partial charge in [0.1, 0.15) is 5.69 Å². The molecule has 0 radical (unpaired) electrons. The molecule has 1 aromatic carbocycles. The van der Waals surface area contributed by atoms with Crippen LogP contribution in [0.1, 0.15) is 23.2 Å². The molecule has 2 aliphatic rings. The number of aromatic nitrogens is 3. The van der Waals surface area contributed by atoms with Gasteiger partial charge in [0.15, 0.2) is 5.69 Å². The van der Waals surface area contributed by atoms with E-state index >= 15 is 0 Å². The molecule has 3 heterocycles. The van der Waals surface area contributed by atoms with Gasteiger partial charge in [-0.25, -0.2) is 4.40 Å². The quantitative estimate of drug-likeness (QED) is 0.583. The van der Waals surface area contributed by atoms with Crippen molar-refractivity contribution in [3.05, 3.63) is 47.4 Å². The molecular weight excluding hydrogens is 262 g/mol. The summed E-state index contributed by atoms with van der Waals surface area (Å²) in [7, 11) is 0. The number of hydrogen-bond acceptors (Lipinski definition) is 2. The second-order valence-corrected chi connectivity index (χ2v) is 5.93. The maximum absolute atomic E-state index is 12.5. The van der Waals surface area contributed by atoms with Crippen molar-refractivity contribution < 1.29 is 9.51 Å². The Labute approximate surface area is 122 Å². The van der Waals surface area contributed by atoms with Crippen LogP contribution in [0.4, 0.5) is 0 Å². The van der Waals surface area contributed by atoms with E-state index in [2.05, 4.69) is 33.8 Å². The molecule has 4 nitrogen and oxygen atoms in total. The maximum Gasteiger partial charge on any atom is 0.239 e. The van der Waals surface area contributed by atoms with Gasteiger partial charge < -0.3 is 5.11 Å². The first-order valence-electron chi connectivity index (χ1n) is 7.54. The highest BCUT2D eigenvalue weighted by molar-refractivity contribution is 5.73. The predicted molar refractivity (Wildman–Crippen MR) is 76.0 cm³/mol. The Kier molecular flexibility index (Phi) is 2.07. The number of aryl methyl sites for hydroxylation is 3. The predicted octanol–water partition coefficient (Wildman–Crippen LogP) is 1.41. The topological polar surface area (TPSA) is 45.0 Å². The summed E-state index contributed by atoms with van der Waals surface area (Å²) < 4.78 is 3.97. The monoisotopic (exact) mass is 277 g/mol. The van der Waals surface area contributed by atoms with Gasteiger partial charge in [-0.2, -0.15) is 0 Å². The summed E-state index contributed by atoms with van der Waals surface area (Å²) >= 11 is 0. The summed E-state index contributed by atoms with van der Waals surface area (Å²) in [6.45, 7) is 0.958. The fourth-order valence-corrected chi connectivity index (χ4v) is 3.90. The van der Waals surface area contributed by atoms with Crippen LogP contribution in [-0.2, 0) is 25.8 Å². The molecule has 3 aromatic rings. The first kappa shape index (κ1) is 11.3. The molecule has 0 fully saturated rings. The lowest BCUT2D eigenvalue weighted by Gasteiger charge is -2.16. The minimum atomic E-state index is 0.122. The zero-order valence-corrected chi connectivity index (χ0v) is 11.7. The Bertz CT molecular complexity index is 895. The molecule has 0 saturated carbocycles. The van der Waals surface area contributed by atoms with Crippen LogP contribution in [0.25, 0.3) is 16.9 Å². The van der Waals surface area contributed by atoms with Gasteiger partial charge in [0.2, 0.25) is 12.0 Å². The highest BCUT2D eigenvalue weighted by atomic mass is 16.3. The van der Waals surface area contributed by atoms with Crippen LogP contribution in [-0.4, -0.2) is 9.55 Å². The third kappa shape index (κ3) is 1.35. The van der Waals surface area contributed by atoms with Crippen molar-refractivity contribution in [3.63, 3.8) is 0 Å². The summed E-state index contributed by atoms with van der Waals surface area (Å²) in [4.78, 5) is 4.61. The van der Waals surface area contributed by atoms with Crippen LogP contribution in [0.5, 0.6) is 5.88 Å². The van der Waals surface area contributed by atoms with E-state index in [9.17, 15) is 5.11 Å². The number of rotatable bonds is 0. The molecule has 1 aliphatic heterocycles. The average molecular weight is 277 g/mol. The smallest absolute Gasteiger partial charge is 0.239 e. The van der Waals surface area contributed by atoms with Crippen LogP contribution in [0.2, 0.25) is 0 Å². The Morgan fingerprint density at radius 3 is 3.00 bits per heavy atom. The van der Waals surface area contributed by atoms with Crippen LogP contribution in [0.3, 0.4) is 0 Å². The van der Waals surface area contributed by atoms with Crippen molar-refractivity contribution in [2.75, 3.05) is 0 Å². The molecule has 0 N–H and O–H groups in total. The molecule has 0 unspecified atom stereocenters. The molecule has 0 amide bonds. The van der Waals surface area contributed by atoms with Crippen LogP contribution in [0.15, 0.2) is 30.6 Å². The minimum Gasteiger partial charge on any atom is -0.846 e. The molecule has 0 atom stereocenters. The largest absolute Gasteiger partial charge is 0.846 e. The average Bonchev–Trinajstić information content (AvgIpc) is 3.10. The third-order valence-corrected chi connectivity index (χ3v) is 4.85. The lowest BCUT2D eigenvalue weighted by atomic mass is 9.89. The Morgan fingerprint density at radius 2 is 2.05 bits per heavy atom. The molecule has 0 saturated heterocycles. The summed E-state index contributed by atoms with van der Waals surface area (Å²) in [5.74, 6) is 0.122. The van der Waals surface area contributed by atoms with Gasteiger partial charge in [-0.05, 0) is 24.8 Å². The molecule has 104 valence electrons. The van der Waals surface area contributed by atoms with Gasteiger partial charge in [0.25, 0.3) is 0 Å². The van der Waals surface area contributed by atoms with Crippen molar-refractivity contribution >= 4 is 5.65 Å². The molecular formula is C17H15N3O. The van der Waals surface area contributed by atoms with E-state index in [-0.39, 0.29) is 5.88 Å². The van der Waals surface area contributed by atoms with E-state index in [1.807, 2.05) is 0 Å². The van der Waals surface area contributed by atoms with Gasteiger partial charge in [0, 0.05) is 12.0 Å². The van der Waals surface area contributed by atoms with E-state index in [1.54, 1.807) is 10.7 Å². The summed E-state index contributed by atoms with van der Waals surface area (Å²) in [5, 5.41) is 12.5. The van der Waals surface area contributed by atoms with Crippen LogP contribution in [0, 0.1) is 0 Å². The van der Waals surface area contributed by atoms with E-state index < -0.39 is 0 Å².